The highest BCUT2D eigenvalue weighted by atomic mass is 35.5. The van der Waals surface area contributed by atoms with E-state index in [4.69, 9.17) is 16.3 Å². The Morgan fingerprint density at radius 1 is 1.41 bits per heavy atom. The van der Waals surface area contributed by atoms with E-state index in [0.29, 0.717) is 5.02 Å². The molecule has 17 heavy (non-hydrogen) atoms. The summed E-state index contributed by atoms with van der Waals surface area (Å²) in [6.07, 6.45) is 2.96. The van der Waals surface area contributed by atoms with Gasteiger partial charge in [-0.2, -0.15) is 4.57 Å². The summed E-state index contributed by atoms with van der Waals surface area (Å²) in [7, 11) is 0. The van der Waals surface area contributed by atoms with Gasteiger partial charge in [-0.15, -0.1) is 0 Å². The molecule has 1 N–H and O–H groups in total. The molecule has 1 aromatic rings. The lowest BCUT2D eigenvalue weighted by Crippen LogP contribution is -2.48. The minimum Gasteiger partial charge on any atom is -0.444 e. The first-order valence-electron chi connectivity index (χ1n) is 5.44. The minimum atomic E-state index is -0.492. The zero-order valence-corrected chi connectivity index (χ0v) is 11.3. The monoisotopic (exact) mass is 257 g/mol. The average molecular weight is 258 g/mol. The van der Waals surface area contributed by atoms with E-state index in [0.717, 1.165) is 0 Å². The largest absolute Gasteiger partial charge is 0.444 e. The Bertz CT molecular complexity index is 384. The Morgan fingerprint density at radius 2 is 1.94 bits per heavy atom. The summed E-state index contributed by atoms with van der Waals surface area (Å²) in [4.78, 5) is 11.5. The van der Waals surface area contributed by atoms with Gasteiger partial charge in [0.2, 0.25) is 6.17 Å². The molecule has 0 fully saturated rings. The molecule has 1 heterocycles. The van der Waals surface area contributed by atoms with Crippen LogP contribution in [0.25, 0.3) is 0 Å². The van der Waals surface area contributed by atoms with Crippen LogP contribution >= 0.6 is 11.6 Å². The predicted octanol–water partition coefficient (Wildman–Crippen LogP) is 2.67. The van der Waals surface area contributed by atoms with E-state index in [1.165, 1.54) is 0 Å². The second kappa shape index (κ2) is 5.36. The van der Waals surface area contributed by atoms with Crippen molar-refractivity contribution in [1.82, 2.24) is 5.32 Å². The lowest BCUT2D eigenvalue weighted by molar-refractivity contribution is -0.723. The summed E-state index contributed by atoms with van der Waals surface area (Å²) >= 11 is 5.78. The topological polar surface area (TPSA) is 42.2 Å². The molecule has 0 aliphatic carbocycles. The Labute approximate surface area is 107 Å². The van der Waals surface area contributed by atoms with Crippen molar-refractivity contribution in [1.29, 1.82) is 0 Å². The number of hydrogen-bond acceptors (Lipinski definition) is 2. The van der Waals surface area contributed by atoms with Crippen LogP contribution in [0.15, 0.2) is 24.5 Å². The number of pyridine rings is 1. The molecule has 1 atom stereocenters. The first-order valence-corrected chi connectivity index (χ1v) is 5.81. The molecule has 0 bridgehead atoms. The van der Waals surface area contributed by atoms with Crippen molar-refractivity contribution in [3.8, 4) is 0 Å². The van der Waals surface area contributed by atoms with Gasteiger partial charge in [-0.05, 0) is 20.8 Å². The van der Waals surface area contributed by atoms with Gasteiger partial charge in [0.15, 0.2) is 12.4 Å². The lowest BCUT2D eigenvalue weighted by atomic mass is 10.2. The number of alkyl carbamates (subject to hydrolysis) is 1. The Balaban J connectivity index is 2.57. The molecular formula is C12H18ClN2O2+. The highest BCUT2D eigenvalue weighted by Gasteiger charge is 2.20. The number of hydrogen-bond donors (Lipinski definition) is 1. The van der Waals surface area contributed by atoms with Gasteiger partial charge < -0.3 is 4.74 Å². The fourth-order valence-electron chi connectivity index (χ4n) is 1.23. The van der Waals surface area contributed by atoms with Crippen molar-refractivity contribution in [3.63, 3.8) is 0 Å². The number of ether oxygens (including phenoxy) is 1. The number of halogens is 1. The number of nitrogens with one attached hydrogen (secondary N) is 1. The van der Waals surface area contributed by atoms with Crippen LogP contribution in [0.4, 0.5) is 4.79 Å². The number of carbonyl (C=O) groups is 1. The lowest BCUT2D eigenvalue weighted by Gasteiger charge is -2.20. The maximum absolute atomic E-state index is 11.5. The van der Waals surface area contributed by atoms with E-state index >= 15 is 0 Å². The SMILES string of the molecule is CC(NC(=O)OC(C)(C)C)[n+]1ccc(Cl)cc1. The number of amides is 1. The van der Waals surface area contributed by atoms with Crippen LogP contribution in [0.5, 0.6) is 0 Å². The fraction of sp³-hybridized carbons (Fsp3) is 0.500. The van der Waals surface area contributed by atoms with Gasteiger partial charge in [0, 0.05) is 19.1 Å². The summed E-state index contributed by atoms with van der Waals surface area (Å²) in [5.41, 5.74) is -0.492. The Kier molecular flexibility index (Phi) is 4.34. The summed E-state index contributed by atoms with van der Waals surface area (Å²) < 4.78 is 6.99. The van der Waals surface area contributed by atoms with Gasteiger partial charge in [0.25, 0.3) is 0 Å². The standard InChI is InChI=1S/C12H17ClN2O2/c1-9(14-11(16)17-12(2,3)4)15-7-5-10(13)6-8-15/h5-9H,1-4H3/p+1. The van der Waals surface area contributed by atoms with Crippen LogP contribution in [-0.2, 0) is 4.74 Å². The van der Waals surface area contributed by atoms with Gasteiger partial charge in [-0.1, -0.05) is 11.6 Å². The Morgan fingerprint density at radius 3 is 2.41 bits per heavy atom. The normalized spacial score (nSPS) is 13.0. The molecule has 0 spiro atoms. The van der Waals surface area contributed by atoms with Crippen molar-refractivity contribution < 1.29 is 14.1 Å². The first-order chi connectivity index (χ1) is 7.78. The summed E-state index contributed by atoms with van der Waals surface area (Å²) in [5.74, 6) is 0. The van der Waals surface area contributed by atoms with E-state index in [1.807, 2.05) is 32.3 Å². The minimum absolute atomic E-state index is 0.192. The molecule has 1 aromatic heterocycles. The molecule has 1 rings (SSSR count). The van der Waals surface area contributed by atoms with Crippen LogP contribution in [-0.4, -0.2) is 11.7 Å². The molecule has 4 nitrogen and oxygen atoms in total. The fourth-order valence-corrected chi connectivity index (χ4v) is 1.34. The first kappa shape index (κ1) is 13.8. The van der Waals surface area contributed by atoms with Crippen LogP contribution in [0.1, 0.15) is 33.9 Å². The van der Waals surface area contributed by atoms with Crippen LogP contribution in [0, 0.1) is 0 Å². The molecule has 0 aliphatic rings. The number of rotatable bonds is 2. The molecule has 0 saturated carbocycles. The zero-order valence-electron chi connectivity index (χ0n) is 10.5. The highest BCUT2D eigenvalue weighted by molar-refractivity contribution is 6.30. The van der Waals surface area contributed by atoms with E-state index in [1.54, 1.807) is 24.5 Å². The summed E-state index contributed by atoms with van der Waals surface area (Å²) in [5, 5.41) is 3.39. The Hall–Kier alpha value is -1.29. The predicted molar refractivity (Wildman–Crippen MR) is 65.7 cm³/mol. The quantitative estimate of drug-likeness (QED) is 0.828. The zero-order chi connectivity index (χ0) is 13.1. The van der Waals surface area contributed by atoms with E-state index < -0.39 is 11.7 Å². The van der Waals surface area contributed by atoms with E-state index in [9.17, 15) is 4.79 Å². The van der Waals surface area contributed by atoms with Gasteiger partial charge in [-0.25, -0.2) is 4.79 Å². The second-order valence-corrected chi connectivity index (χ2v) is 5.22. The third-order valence-electron chi connectivity index (χ3n) is 1.98. The molecule has 1 amide bonds. The number of carbonyl (C=O) groups excluding carboxylic acids is 1. The molecule has 0 aromatic carbocycles. The van der Waals surface area contributed by atoms with Gasteiger partial charge in [0.1, 0.15) is 5.60 Å². The van der Waals surface area contributed by atoms with Crippen molar-refractivity contribution in [2.24, 2.45) is 0 Å². The summed E-state index contributed by atoms with van der Waals surface area (Å²) in [6, 6.07) is 3.52. The third-order valence-corrected chi connectivity index (χ3v) is 2.24. The number of nitrogens with zero attached hydrogens (tertiary/aromatic N) is 1. The van der Waals surface area contributed by atoms with Crippen LogP contribution < -0.4 is 9.88 Å². The van der Waals surface area contributed by atoms with Gasteiger partial charge in [-0.3, -0.25) is 5.32 Å². The van der Waals surface area contributed by atoms with Crippen LogP contribution in [0.2, 0.25) is 5.02 Å². The van der Waals surface area contributed by atoms with Crippen molar-refractivity contribution in [2.75, 3.05) is 0 Å². The maximum atomic E-state index is 11.5. The number of aromatic nitrogens is 1. The average Bonchev–Trinajstić information content (AvgIpc) is 2.15. The molecule has 0 saturated heterocycles. The molecule has 1 unspecified atom stereocenters. The molecule has 94 valence electrons. The molecule has 0 radical (unpaired) electrons. The third kappa shape index (κ3) is 5.04. The molecule has 0 aliphatic heterocycles. The maximum Gasteiger partial charge on any atom is 0.412 e. The van der Waals surface area contributed by atoms with Crippen molar-refractivity contribution in [3.05, 3.63) is 29.5 Å². The van der Waals surface area contributed by atoms with Crippen molar-refractivity contribution >= 4 is 17.7 Å². The van der Waals surface area contributed by atoms with Gasteiger partial charge in [0.05, 0.1) is 5.02 Å². The van der Waals surface area contributed by atoms with E-state index in [-0.39, 0.29) is 6.17 Å². The van der Waals surface area contributed by atoms with E-state index in [2.05, 4.69) is 5.32 Å². The second-order valence-electron chi connectivity index (χ2n) is 4.79. The molecule has 5 heteroatoms. The van der Waals surface area contributed by atoms with Crippen LogP contribution in [0.3, 0.4) is 0 Å². The molecular weight excluding hydrogens is 240 g/mol. The smallest absolute Gasteiger partial charge is 0.412 e. The van der Waals surface area contributed by atoms with Gasteiger partial charge >= 0.3 is 6.09 Å². The van der Waals surface area contributed by atoms with Crippen molar-refractivity contribution in [2.45, 2.75) is 39.5 Å². The highest BCUT2D eigenvalue weighted by Crippen LogP contribution is 2.07. The summed E-state index contributed by atoms with van der Waals surface area (Å²) in [6.45, 7) is 7.34.